The van der Waals surface area contributed by atoms with E-state index in [-0.39, 0.29) is 31.6 Å². The van der Waals surface area contributed by atoms with Crippen LogP contribution in [0.4, 0.5) is 0 Å². The molecule has 0 radical (unpaired) electrons. The molecule has 0 saturated carbocycles. The van der Waals surface area contributed by atoms with Crippen LogP contribution >= 0.6 is 5.69 Å². The summed E-state index contributed by atoms with van der Waals surface area (Å²) in [5, 5.41) is 0. The highest BCUT2D eigenvalue weighted by Gasteiger charge is 2.19. The number of carbonyl (C=O) groups excluding carboxylic acids is 2. The summed E-state index contributed by atoms with van der Waals surface area (Å²) in [4.78, 5) is 23.3. The van der Waals surface area contributed by atoms with Gasteiger partial charge in [0.05, 0.1) is 33.4 Å². The van der Waals surface area contributed by atoms with E-state index >= 15 is 0 Å². The number of quaternary nitrogens is 1. The summed E-state index contributed by atoms with van der Waals surface area (Å²) in [6, 6.07) is 0. The van der Waals surface area contributed by atoms with Crippen molar-refractivity contribution in [1.82, 2.24) is 0 Å². The number of hydrogen-bond donors (Lipinski definition) is 0. The van der Waals surface area contributed by atoms with E-state index in [0.717, 1.165) is 11.0 Å². The Morgan fingerprint density at radius 1 is 1.04 bits per heavy atom. The first-order valence-corrected chi connectivity index (χ1v) is 12.4. The Balaban J connectivity index is 4.55. The van der Waals surface area contributed by atoms with Crippen LogP contribution in [0, 0.1) is 0 Å². The number of hydrogen-bond acceptors (Lipinski definition) is 8. The van der Waals surface area contributed by atoms with Crippen LogP contribution in [0.3, 0.4) is 0 Å². The molecule has 0 bridgehead atoms. The number of rotatable bonds is 14. The van der Waals surface area contributed by atoms with Crippen LogP contribution in [0.25, 0.3) is 0 Å². The molecule has 0 heterocycles. The molecular formula is C16H32NO6PS2. The lowest BCUT2D eigenvalue weighted by Crippen LogP contribution is -2.37. The quantitative estimate of drug-likeness (QED) is 0.181. The van der Waals surface area contributed by atoms with E-state index in [1.807, 2.05) is 35.0 Å². The minimum Gasteiger partial charge on any atom is -0.691 e. The third-order valence-corrected chi connectivity index (χ3v) is 5.30. The fraction of sp³-hybridized carbons (Fsp3) is 0.875. The molecule has 0 amide bonds. The molecule has 0 aromatic rings. The Labute approximate surface area is 167 Å². The van der Waals surface area contributed by atoms with Crippen LogP contribution in [0.1, 0.15) is 39.5 Å². The van der Waals surface area contributed by atoms with Gasteiger partial charge in [-0.05, 0) is 12.8 Å². The first-order valence-electron chi connectivity index (χ1n) is 8.74. The number of carbonyl (C=O) groups is 2. The molecule has 7 nitrogen and oxygen atoms in total. The van der Waals surface area contributed by atoms with E-state index in [1.54, 1.807) is 0 Å². The van der Waals surface area contributed by atoms with Crippen molar-refractivity contribution in [3.8, 4) is 0 Å². The summed E-state index contributed by atoms with van der Waals surface area (Å²) in [6.07, 6.45) is 1.19. The maximum atomic E-state index is 11.7. The molecule has 0 aliphatic carbocycles. The minimum absolute atomic E-state index is 0.0555. The van der Waals surface area contributed by atoms with Crippen LogP contribution in [-0.2, 0) is 52.2 Å². The Hall–Kier alpha value is -0.180. The van der Waals surface area contributed by atoms with Crippen molar-refractivity contribution in [1.29, 1.82) is 0 Å². The Morgan fingerprint density at radius 3 is 2.15 bits per heavy atom. The fourth-order valence-electron chi connectivity index (χ4n) is 1.67. The van der Waals surface area contributed by atoms with Gasteiger partial charge in [-0.3, -0.25) is 9.59 Å². The summed E-state index contributed by atoms with van der Waals surface area (Å²) in [5.74, 6) is -0.725. The van der Waals surface area contributed by atoms with Crippen LogP contribution in [0.15, 0.2) is 0 Å². The predicted molar refractivity (Wildman–Crippen MR) is 107 cm³/mol. The number of nitrogens with zero attached hydrogens (tertiary/aromatic N) is 1. The molecule has 2 atom stereocenters. The van der Waals surface area contributed by atoms with Crippen LogP contribution in [0.5, 0.6) is 0 Å². The third-order valence-electron chi connectivity index (χ3n) is 3.07. The second-order valence-corrected chi connectivity index (χ2v) is 11.9. The first-order chi connectivity index (χ1) is 12.0. The van der Waals surface area contributed by atoms with Crippen molar-refractivity contribution < 1.29 is 32.6 Å². The summed E-state index contributed by atoms with van der Waals surface area (Å²) in [6.45, 7) is 4.73. The molecule has 0 aliphatic heterocycles. The lowest BCUT2D eigenvalue weighted by molar-refractivity contribution is -0.870. The average molecular weight is 430 g/mol. The Morgan fingerprint density at radius 2 is 1.62 bits per heavy atom. The van der Waals surface area contributed by atoms with E-state index in [9.17, 15) is 9.59 Å². The van der Waals surface area contributed by atoms with Crippen molar-refractivity contribution in [2.24, 2.45) is 0 Å². The topological polar surface area (TPSA) is 71.1 Å². The summed E-state index contributed by atoms with van der Waals surface area (Å²) in [7, 11) is 6.10. The molecule has 0 aromatic heterocycles. The van der Waals surface area contributed by atoms with Crippen LogP contribution in [-0.4, -0.2) is 70.0 Å². The van der Waals surface area contributed by atoms with Gasteiger partial charge in [0.1, 0.15) is 19.8 Å². The summed E-state index contributed by atoms with van der Waals surface area (Å²) in [5.41, 5.74) is -2.88. The van der Waals surface area contributed by atoms with E-state index in [4.69, 9.17) is 42.6 Å². The molecule has 0 fully saturated rings. The van der Waals surface area contributed by atoms with Gasteiger partial charge in [-0.15, -0.1) is 0 Å². The largest absolute Gasteiger partial charge is 0.691 e. The summed E-state index contributed by atoms with van der Waals surface area (Å²) >= 11 is 10.4. The van der Waals surface area contributed by atoms with Crippen molar-refractivity contribution in [3.63, 3.8) is 0 Å². The number of likely N-dealkylation sites (N-methyl/N-ethyl adjacent to an activating group) is 1. The molecule has 0 saturated heterocycles. The lowest BCUT2D eigenvalue weighted by Gasteiger charge is -2.32. The smallest absolute Gasteiger partial charge is 0.306 e. The van der Waals surface area contributed by atoms with E-state index in [2.05, 4.69) is 0 Å². The van der Waals surface area contributed by atoms with Gasteiger partial charge in [-0.25, -0.2) is 0 Å². The zero-order chi connectivity index (χ0) is 20.2. The average Bonchev–Trinajstić information content (AvgIpc) is 2.49. The molecule has 1 unspecified atom stereocenters. The van der Waals surface area contributed by atoms with Gasteiger partial charge in [-0.1, -0.05) is 25.7 Å². The molecule has 0 rings (SSSR count). The van der Waals surface area contributed by atoms with E-state index < -0.39 is 11.8 Å². The second-order valence-electron chi connectivity index (χ2n) is 6.89. The lowest BCUT2D eigenvalue weighted by atomic mass is 10.3. The molecule has 26 heavy (non-hydrogen) atoms. The Kier molecular flexibility index (Phi) is 13.0. The van der Waals surface area contributed by atoms with Gasteiger partial charge in [-0.2, -0.15) is 0 Å². The zero-order valence-electron chi connectivity index (χ0n) is 16.4. The van der Waals surface area contributed by atoms with Gasteiger partial charge in [0.2, 0.25) is 0 Å². The predicted octanol–water partition coefficient (Wildman–Crippen LogP) is 2.55. The van der Waals surface area contributed by atoms with Crippen molar-refractivity contribution in [3.05, 3.63) is 0 Å². The van der Waals surface area contributed by atoms with Crippen molar-refractivity contribution in [2.45, 2.75) is 45.6 Å². The highest BCUT2D eigenvalue weighted by Crippen LogP contribution is 2.46. The molecule has 0 N–H and O–H groups in total. The van der Waals surface area contributed by atoms with Gasteiger partial charge < -0.3 is 35.3 Å². The second kappa shape index (κ2) is 13.1. The van der Waals surface area contributed by atoms with Gasteiger partial charge >= 0.3 is 11.9 Å². The molecule has 0 spiro atoms. The molecular weight excluding hydrogens is 397 g/mol. The van der Waals surface area contributed by atoms with Gasteiger partial charge in [0.15, 0.2) is 6.10 Å². The maximum Gasteiger partial charge on any atom is 0.306 e. The SMILES string of the molecule is CCCC(=O)OC[C@H](COP(=S)([S-])OCC[N+](C)(C)C)OC(=O)CCC. The highest BCUT2D eigenvalue weighted by molar-refractivity contribution is 8.51. The van der Waals surface area contributed by atoms with Crippen LogP contribution in [0.2, 0.25) is 0 Å². The van der Waals surface area contributed by atoms with Gasteiger partial charge in [0.25, 0.3) is 0 Å². The zero-order valence-corrected chi connectivity index (χ0v) is 18.9. The normalized spacial score (nSPS) is 15.2. The summed E-state index contributed by atoms with van der Waals surface area (Å²) < 4.78 is 22.2. The minimum atomic E-state index is -2.88. The number of esters is 2. The number of ether oxygens (including phenoxy) is 2. The van der Waals surface area contributed by atoms with Gasteiger partial charge in [0, 0.05) is 12.8 Å². The van der Waals surface area contributed by atoms with Crippen LogP contribution < -0.4 is 0 Å². The fourth-order valence-corrected chi connectivity index (χ4v) is 3.21. The monoisotopic (exact) mass is 429 g/mol. The molecule has 0 aromatic carbocycles. The molecule has 154 valence electrons. The highest BCUT2D eigenvalue weighted by atomic mass is 32.9. The first kappa shape index (κ1) is 25.8. The van der Waals surface area contributed by atoms with Crippen molar-refractivity contribution in [2.75, 3.05) is 47.5 Å². The Bertz CT molecular complexity index is 484. The molecule has 0 aliphatic rings. The third kappa shape index (κ3) is 14.9. The van der Waals surface area contributed by atoms with E-state index in [0.29, 0.717) is 25.9 Å². The molecule has 10 heteroatoms. The van der Waals surface area contributed by atoms with E-state index in [1.165, 1.54) is 0 Å². The standard InChI is InChI=1S/C16H32NO6PS2/c1-6-8-15(18)20-12-14(23-16(19)9-7-2)13-22-24(25,26)21-11-10-17(3,4)5/h14H,6-13H2,1-5H3/t14-/m1/s1. The maximum absolute atomic E-state index is 11.7. The van der Waals surface area contributed by atoms with Crippen molar-refractivity contribution >= 4 is 41.7 Å².